The molecule has 0 saturated carbocycles. The predicted molar refractivity (Wildman–Crippen MR) is 49.2 cm³/mol. The van der Waals surface area contributed by atoms with E-state index >= 15 is 0 Å². The monoisotopic (exact) mass is 236 g/mol. The third kappa shape index (κ3) is 7.43. The Morgan fingerprint density at radius 2 is 1.53 bits per heavy atom. The van der Waals surface area contributed by atoms with Crippen LogP contribution in [0.5, 0.6) is 5.75 Å². The molecule has 0 radical (unpaired) electrons. The van der Waals surface area contributed by atoms with Gasteiger partial charge in [0.15, 0.2) is 0 Å². The van der Waals surface area contributed by atoms with E-state index in [1.165, 1.54) is 12.1 Å². The quantitative estimate of drug-likeness (QED) is 0.520. The van der Waals surface area contributed by atoms with Gasteiger partial charge in [0, 0.05) is 0 Å². The van der Waals surface area contributed by atoms with Gasteiger partial charge in [0.1, 0.15) is 11.3 Å². The third-order valence-electron chi connectivity index (χ3n) is 1.13. The molecule has 0 fully saturated rings. The van der Waals surface area contributed by atoms with Crippen LogP contribution in [0.1, 0.15) is 10.4 Å². The average Bonchev–Trinajstić information content (AvgIpc) is 2.01. The lowest BCUT2D eigenvalue weighted by Gasteiger charge is -1.95. The first-order valence-electron chi connectivity index (χ1n) is 3.43. The van der Waals surface area contributed by atoms with Gasteiger partial charge in [0.25, 0.3) is 0 Å². The summed E-state index contributed by atoms with van der Waals surface area (Å²) in [6, 6.07) is 5.81. The molecule has 1 aromatic carbocycles. The second-order valence-electron chi connectivity index (χ2n) is 2.27. The molecule has 0 aliphatic heterocycles. The number of carboxylic acid groups (broad SMARTS) is 1. The van der Waals surface area contributed by atoms with Gasteiger partial charge < -0.3 is 10.2 Å². The van der Waals surface area contributed by atoms with Crippen molar-refractivity contribution in [2.45, 2.75) is 0 Å². The molecule has 84 valence electrons. The summed E-state index contributed by atoms with van der Waals surface area (Å²) in [7, 11) is -4.67. The van der Waals surface area contributed by atoms with Crippen LogP contribution in [-0.2, 0) is 10.4 Å². The van der Waals surface area contributed by atoms with Crippen LogP contribution in [0.15, 0.2) is 24.3 Å². The zero-order valence-corrected chi connectivity index (χ0v) is 8.05. The number of hydrogen-bond donors (Lipinski definition) is 4. The average molecular weight is 236 g/mol. The number of benzene rings is 1. The Labute approximate surface area is 85.2 Å². The second-order valence-corrected chi connectivity index (χ2v) is 3.17. The maximum absolute atomic E-state index is 10.3. The van der Waals surface area contributed by atoms with Crippen molar-refractivity contribution in [3.05, 3.63) is 29.8 Å². The van der Waals surface area contributed by atoms with E-state index in [2.05, 4.69) is 0 Å². The Balaban J connectivity index is 0.000000336. The molecule has 0 unspecified atom stereocenters. The molecule has 0 atom stereocenters. The molecule has 0 aliphatic rings. The van der Waals surface area contributed by atoms with Crippen LogP contribution < -0.4 is 0 Å². The van der Waals surface area contributed by atoms with Crippen LogP contribution in [0.3, 0.4) is 0 Å². The molecule has 0 saturated heterocycles. The Bertz CT molecular complexity index is 428. The van der Waals surface area contributed by atoms with Crippen molar-refractivity contribution in [1.29, 1.82) is 0 Å². The molecule has 15 heavy (non-hydrogen) atoms. The van der Waals surface area contributed by atoms with Crippen molar-refractivity contribution in [1.82, 2.24) is 0 Å². The maximum Gasteiger partial charge on any atom is 0.394 e. The fourth-order valence-electron chi connectivity index (χ4n) is 0.654. The van der Waals surface area contributed by atoms with E-state index in [4.69, 9.17) is 27.7 Å². The number of hydrogen-bond acceptors (Lipinski definition) is 4. The fourth-order valence-corrected chi connectivity index (χ4v) is 0.654. The molecule has 0 aromatic heterocycles. The van der Waals surface area contributed by atoms with Gasteiger partial charge in [-0.1, -0.05) is 12.1 Å². The minimum Gasteiger partial charge on any atom is -0.507 e. The van der Waals surface area contributed by atoms with E-state index < -0.39 is 16.4 Å². The molecule has 0 bridgehead atoms. The van der Waals surface area contributed by atoms with Crippen molar-refractivity contribution in [2.24, 2.45) is 0 Å². The van der Waals surface area contributed by atoms with Crippen LogP contribution in [0, 0.1) is 0 Å². The minimum atomic E-state index is -4.67. The number of carboxylic acids is 1. The van der Waals surface area contributed by atoms with E-state index in [0.29, 0.717) is 0 Å². The number of rotatable bonds is 1. The summed E-state index contributed by atoms with van der Waals surface area (Å²) < 4.78 is 31.6. The molecule has 4 N–H and O–H groups in total. The van der Waals surface area contributed by atoms with Crippen molar-refractivity contribution in [2.75, 3.05) is 0 Å². The zero-order valence-electron chi connectivity index (χ0n) is 7.23. The van der Waals surface area contributed by atoms with E-state index in [1.54, 1.807) is 12.1 Å². The van der Waals surface area contributed by atoms with Crippen molar-refractivity contribution >= 4 is 16.4 Å². The molecule has 8 heteroatoms. The van der Waals surface area contributed by atoms with E-state index in [1.807, 2.05) is 0 Å². The van der Waals surface area contributed by atoms with E-state index in [9.17, 15) is 4.79 Å². The number of aromatic hydroxyl groups is 1. The Kier molecular flexibility index (Phi) is 4.71. The van der Waals surface area contributed by atoms with Gasteiger partial charge in [0.2, 0.25) is 0 Å². The summed E-state index contributed by atoms with van der Waals surface area (Å²) in [5.41, 5.74) is -0.0671. The molecule has 0 spiro atoms. The largest absolute Gasteiger partial charge is 0.507 e. The molecular formula is C7H8O7S. The first kappa shape index (κ1) is 13.4. The van der Waals surface area contributed by atoms with Crippen LogP contribution in [-0.4, -0.2) is 33.7 Å². The summed E-state index contributed by atoms with van der Waals surface area (Å²) in [5.74, 6) is -1.31. The highest BCUT2D eigenvalue weighted by molar-refractivity contribution is 7.79. The highest BCUT2D eigenvalue weighted by Crippen LogP contribution is 2.14. The maximum atomic E-state index is 10.3. The molecule has 1 rings (SSSR count). The van der Waals surface area contributed by atoms with Crippen LogP contribution in [0.4, 0.5) is 0 Å². The topological polar surface area (TPSA) is 132 Å². The van der Waals surface area contributed by atoms with Crippen molar-refractivity contribution in [3.63, 3.8) is 0 Å². The summed E-state index contributed by atoms with van der Waals surface area (Å²) in [6.45, 7) is 0. The van der Waals surface area contributed by atoms with Crippen molar-refractivity contribution < 1.29 is 32.5 Å². The van der Waals surface area contributed by atoms with E-state index in [0.717, 1.165) is 0 Å². The van der Waals surface area contributed by atoms with Gasteiger partial charge in [-0.25, -0.2) is 4.79 Å². The smallest absolute Gasteiger partial charge is 0.394 e. The lowest BCUT2D eigenvalue weighted by Crippen LogP contribution is -1.95. The van der Waals surface area contributed by atoms with Gasteiger partial charge in [-0.2, -0.15) is 8.42 Å². The standard InChI is InChI=1S/C7H6O3.H2O4S/c8-6-4-2-1-3-5(6)7(9)10;1-5(2,3)4/h1-4,8H,(H,9,10);(H2,1,2,3,4). The summed E-state index contributed by atoms with van der Waals surface area (Å²) >= 11 is 0. The molecule has 7 nitrogen and oxygen atoms in total. The molecule has 1 aromatic rings. The van der Waals surface area contributed by atoms with Crippen LogP contribution in [0.25, 0.3) is 0 Å². The number of para-hydroxylation sites is 1. The lowest BCUT2D eigenvalue weighted by molar-refractivity contribution is 0.0693. The predicted octanol–water partition coefficient (Wildman–Crippen LogP) is 0.438. The Morgan fingerprint density at radius 1 is 1.13 bits per heavy atom. The third-order valence-corrected chi connectivity index (χ3v) is 1.13. The fraction of sp³-hybridized carbons (Fsp3) is 0. The Morgan fingerprint density at radius 3 is 1.80 bits per heavy atom. The number of phenols is 1. The van der Waals surface area contributed by atoms with E-state index in [-0.39, 0.29) is 11.3 Å². The molecule has 0 amide bonds. The number of carbonyl (C=O) groups is 1. The van der Waals surface area contributed by atoms with Gasteiger partial charge in [0.05, 0.1) is 0 Å². The summed E-state index contributed by atoms with van der Waals surface area (Å²) in [4.78, 5) is 10.3. The summed E-state index contributed by atoms with van der Waals surface area (Å²) in [5, 5.41) is 17.3. The highest BCUT2D eigenvalue weighted by Gasteiger charge is 2.05. The lowest BCUT2D eigenvalue weighted by atomic mass is 10.2. The first-order chi connectivity index (χ1) is 6.72. The first-order valence-corrected chi connectivity index (χ1v) is 4.82. The normalized spacial score (nSPS) is 10.0. The Hall–Kier alpha value is -1.64. The van der Waals surface area contributed by atoms with Crippen molar-refractivity contribution in [3.8, 4) is 5.75 Å². The molecular weight excluding hydrogens is 228 g/mol. The zero-order chi connectivity index (χ0) is 12.1. The summed E-state index contributed by atoms with van der Waals surface area (Å²) in [6.07, 6.45) is 0. The second kappa shape index (κ2) is 5.29. The SMILES string of the molecule is O=C(O)c1ccccc1O.O=S(=O)(O)O. The molecule has 0 aliphatic carbocycles. The molecule has 0 heterocycles. The van der Waals surface area contributed by atoms with Gasteiger partial charge >= 0.3 is 16.4 Å². The van der Waals surface area contributed by atoms with Crippen LogP contribution >= 0.6 is 0 Å². The van der Waals surface area contributed by atoms with Gasteiger partial charge in [-0.3, -0.25) is 9.11 Å². The van der Waals surface area contributed by atoms with Crippen LogP contribution in [0.2, 0.25) is 0 Å². The minimum absolute atomic E-state index is 0.0671. The number of aromatic carboxylic acids is 1. The highest BCUT2D eigenvalue weighted by atomic mass is 32.3. The van der Waals surface area contributed by atoms with Gasteiger partial charge in [-0.05, 0) is 12.1 Å². The van der Waals surface area contributed by atoms with Gasteiger partial charge in [-0.15, -0.1) is 0 Å².